The third-order valence-corrected chi connectivity index (χ3v) is 4.32. The van der Waals surface area contributed by atoms with E-state index in [0.29, 0.717) is 23.5 Å². The van der Waals surface area contributed by atoms with Crippen molar-refractivity contribution < 1.29 is 67.5 Å². The summed E-state index contributed by atoms with van der Waals surface area (Å²) in [4.78, 5) is 0. The van der Waals surface area contributed by atoms with Crippen LogP contribution in [0.25, 0.3) is 0 Å². The quantitative estimate of drug-likeness (QED) is 0.417. The van der Waals surface area contributed by atoms with Crippen LogP contribution in [0.2, 0.25) is 0 Å². The average Bonchev–Trinajstić information content (AvgIpc) is 3.45. The zero-order valence-corrected chi connectivity index (χ0v) is 20.0. The molecule has 0 unspecified atom stereocenters. The fraction of sp³-hybridized carbons (Fsp3) is 0.619. The number of hydrogen-bond acceptors (Lipinski definition) is 6. The van der Waals surface area contributed by atoms with Crippen LogP contribution >= 0.6 is 0 Å². The van der Waals surface area contributed by atoms with Gasteiger partial charge in [0.2, 0.25) is 0 Å². The maximum absolute atomic E-state index is 7.50. The van der Waals surface area contributed by atoms with Gasteiger partial charge in [-0.3, -0.25) is 0 Å². The van der Waals surface area contributed by atoms with Gasteiger partial charge in [0.1, 0.15) is 0 Å². The molecule has 33 heavy (non-hydrogen) atoms. The molecule has 0 aromatic carbocycles. The Morgan fingerprint density at radius 2 is 1.42 bits per heavy atom. The summed E-state index contributed by atoms with van der Waals surface area (Å²) in [6.07, 6.45) is 0.855. The van der Waals surface area contributed by atoms with E-state index in [-0.39, 0.29) is 24.4 Å². The second kappa shape index (κ2) is 18.8. The van der Waals surface area contributed by atoms with Gasteiger partial charge in [0.15, 0.2) is 0 Å². The minimum absolute atomic E-state index is 0.197. The van der Waals surface area contributed by atoms with Crippen LogP contribution in [0, 0.1) is 33.3 Å². The molecule has 3 rings (SSSR count). The topological polar surface area (TPSA) is 155 Å². The van der Waals surface area contributed by atoms with Gasteiger partial charge >= 0.3 is 201 Å². The average molecular weight is 504 g/mol. The van der Waals surface area contributed by atoms with Crippen LogP contribution in [0.15, 0.2) is 11.8 Å². The van der Waals surface area contributed by atoms with Crippen molar-refractivity contribution in [3.63, 3.8) is 0 Å². The van der Waals surface area contributed by atoms with Gasteiger partial charge < -0.3 is 0 Å². The molecule has 180 valence electrons. The summed E-state index contributed by atoms with van der Waals surface area (Å²) < 4.78 is 73.4. The van der Waals surface area contributed by atoms with Gasteiger partial charge in [-0.15, -0.1) is 0 Å². The first kappa shape index (κ1) is 36.0. The Kier molecular flexibility index (Phi) is 20.5. The van der Waals surface area contributed by atoms with Gasteiger partial charge in [-0.05, 0) is 0 Å². The Morgan fingerprint density at radius 3 is 1.85 bits per heavy atom. The van der Waals surface area contributed by atoms with E-state index >= 15 is 0 Å². The van der Waals surface area contributed by atoms with E-state index < -0.39 is 11.6 Å². The summed E-state index contributed by atoms with van der Waals surface area (Å²) in [5.41, 5.74) is 0. The molecule has 0 bridgehead atoms. The Labute approximate surface area is 201 Å². The van der Waals surface area contributed by atoms with E-state index in [1.807, 2.05) is 40.7 Å². The minimum atomic E-state index is -0.658. The van der Waals surface area contributed by atoms with Crippen molar-refractivity contribution in [1.29, 1.82) is 0 Å². The second-order valence-electron chi connectivity index (χ2n) is 6.77. The second-order valence-corrected chi connectivity index (χ2v) is 7.40. The van der Waals surface area contributed by atoms with Crippen molar-refractivity contribution in [2.45, 2.75) is 70.6 Å². The summed E-state index contributed by atoms with van der Waals surface area (Å²) in [6.45, 7) is 33.1. The summed E-state index contributed by atoms with van der Waals surface area (Å²) >= 11 is 2.89. The van der Waals surface area contributed by atoms with E-state index in [1.165, 1.54) is 0 Å². The molecule has 4 atom stereocenters. The number of ether oxygens (including phenoxy) is 6. The summed E-state index contributed by atoms with van der Waals surface area (Å²) in [6, 6.07) is 0. The fourth-order valence-corrected chi connectivity index (χ4v) is 3.49. The summed E-state index contributed by atoms with van der Waals surface area (Å²) in [7, 11) is 0. The number of rotatable bonds is 4. The zero-order valence-electron chi connectivity index (χ0n) is 18.7. The first-order valence-electron chi connectivity index (χ1n) is 8.95. The third-order valence-electron chi connectivity index (χ3n) is 3.95. The van der Waals surface area contributed by atoms with Crippen LogP contribution in [-0.4, -0.2) is 53.8 Å². The Balaban J connectivity index is -0.000000798. The van der Waals surface area contributed by atoms with Crippen LogP contribution in [-0.2, 0) is 67.5 Å². The SMILES string of the molecule is CCO[C](=[Cr])/C=C1/O[C@H]([C@@H]2COC(C)(C)O2)[C@@H]2OC(C)(C)O[C@H]12.[C-]#[O+].[C-]#[O+].[C-]#[O+].[C-]#[O+].[C-]#[O+]. The molecule has 0 aromatic rings. The molecule has 0 saturated carbocycles. The zero-order chi connectivity index (χ0) is 26.8. The van der Waals surface area contributed by atoms with E-state index in [2.05, 4.69) is 49.1 Å². The normalized spacial score (nSPS) is 27.8. The van der Waals surface area contributed by atoms with Crippen LogP contribution in [0.4, 0.5) is 0 Å². The molecule has 11 nitrogen and oxygen atoms in total. The van der Waals surface area contributed by atoms with Gasteiger partial charge in [0.25, 0.3) is 0 Å². The van der Waals surface area contributed by atoms with Crippen molar-refractivity contribution in [3.05, 3.63) is 45.1 Å². The molecule has 3 fully saturated rings. The molecule has 0 radical (unpaired) electrons. The van der Waals surface area contributed by atoms with Crippen LogP contribution in [0.5, 0.6) is 0 Å². The molecule has 3 saturated heterocycles. The number of fused-ring (bicyclic) bond motifs is 1. The van der Waals surface area contributed by atoms with Crippen molar-refractivity contribution in [2.24, 2.45) is 0 Å². The van der Waals surface area contributed by atoms with E-state index in [9.17, 15) is 0 Å². The molecule has 0 aromatic heterocycles. The third kappa shape index (κ3) is 11.4. The van der Waals surface area contributed by atoms with Gasteiger partial charge in [0.05, 0.1) is 0 Å². The van der Waals surface area contributed by atoms with Crippen molar-refractivity contribution in [2.75, 3.05) is 13.2 Å². The molecular formula is C21H24CrO11. The molecule has 0 amide bonds. The van der Waals surface area contributed by atoms with E-state index in [1.54, 1.807) is 0 Å². The Morgan fingerprint density at radius 1 is 0.909 bits per heavy atom. The predicted molar refractivity (Wildman–Crippen MR) is 98.0 cm³/mol. The summed E-state index contributed by atoms with van der Waals surface area (Å²) in [5, 5.41) is 0. The van der Waals surface area contributed by atoms with Gasteiger partial charge in [-0.25, -0.2) is 0 Å². The van der Waals surface area contributed by atoms with E-state index in [0.717, 1.165) is 0 Å². The molecule has 0 spiro atoms. The molecule has 0 aliphatic carbocycles. The maximum atomic E-state index is 7.50. The molecule has 3 aliphatic rings. The molecule has 0 N–H and O–H groups in total. The summed E-state index contributed by atoms with van der Waals surface area (Å²) in [5.74, 6) is -0.568. The van der Waals surface area contributed by atoms with Crippen LogP contribution in [0.1, 0.15) is 34.6 Å². The Hall–Kier alpha value is -1.56. The first-order chi connectivity index (χ1) is 15.7. The Bertz CT molecular complexity index is 683. The van der Waals surface area contributed by atoms with E-state index in [4.69, 9.17) is 51.7 Å². The fourth-order valence-electron chi connectivity index (χ4n) is 3.12. The monoisotopic (exact) mass is 504 g/mol. The van der Waals surface area contributed by atoms with Gasteiger partial charge in [0, 0.05) is 0 Å². The molecular weight excluding hydrogens is 480 g/mol. The predicted octanol–water partition coefficient (Wildman–Crippen LogP) is 1.47. The van der Waals surface area contributed by atoms with Crippen molar-refractivity contribution in [3.8, 4) is 0 Å². The molecule has 3 aliphatic heterocycles. The first-order valence-corrected chi connectivity index (χ1v) is 9.59. The van der Waals surface area contributed by atoms with Gasteiger partial charge in [-0.2, -0.15) is 0 Å². The van der Waals surface area contributed by atoms with Crippen molar-refractivity contribution in [1.82, 2.24) is 0 Å². The van der Waals surface area contributed by atoms with Crippen LogP contribution < -0.4 is 0 Å². The van der Waals surface area contributed by atoms with Crippen molar-refractivity contribution >= 4 is 4.57 Å². The number of hydrogen-bond donors (Lipinski definition) is 0. The molecule has 12 heteroatoms. The van der Waals surface area contributed by atoms with Gasteiger partial charge in [-0.1, -0.05) is 0 Å². The standard InChI is InChI=1S/C16H24O6.5CO.Cr/c1-6-17-8-7-10-13-14(22-16(4,5)21-13)12(19-10)11-9-18-15(2,3)20-11;5*1-2;/h7,11-14H,6,9H2,1-5H3;;;;;;/b10-7+;;;;;;/t11-,12+,13+,14-;;;;;;/m0....../s1. The van der Waals surface area contributed by atoms with Crippen LogP contribution in [0.3, 0.4) is 0 Å². The molecule has 3 heterocycles.